The Morgan fingerprint density at radius 1 is 1.06 bits per heavy atom. The third kappa shape index (κ3) is 5.19. The molecule has 9 heteroatoms. The number of hydrogen-bond donors (Lipinski definition) is 1. The number of sulfonamides is 2. The summed E-state index contributed by atoms with van der Waals surface area (Å²) in [6, 6.07) is 0. The first-order chi connectivity index (χ1) is 8.24. The Bertz CT molecular complexity index is 452. The highest BCUT2D eigenvalue weighted by molar-refractivity contribution is 7.89. The van der Waals surface area contributed by atoms with E-state index in [4.69, 9.17) is 0 Å². The van der Waals surface area contributed by atoms with Gasteiger partial charge in [-0.25, -0.2) is 21.6 Å². The molecule has 0 aromatic rings. The van der Waals surface area contributed by atoms with Gasteiger partial charge >= 0.3 is 0 Å². The zero-order valence-corrected chi connectivity index (χ0v) is 12.4. The molecule has 18 heavy (non-hydrogen) atoms. The summed E-state index contributed by atoms with van der Waals surface area (Å²) in [5, 5.41) is 0. The molecule has 0 saturated carbocycles. The average molecular weight is 299 g/mol. The van der Waals surface area contributed by atoms with E-state index in [0.29, 0.717) is 39.3 Å². The second kappa shape index (κ2) is 6.29. The Morgan fingerprint density at radius 3 is 2.06 bits per heavy atom. The molecule has 1 heterocycles. The zero-order chi connectivity index (χ0) is 13.8. The first-order valence-electron chi connectivity index (χ1n) is 5.89. The molecule has 0 spiro atoms. The predicted octanol–water partition coefficient (Wildman–Crippen LogP) is -1.50. The Hall–Kier alpha value is -0.220. The summed E-state index contributed by atoms with van der Waals surface area (Å²) >= 11 is 0. The molecule has 1 rings (SSSR count). The van der Waals surface area contributed by atoms with Gasteiger partial charge in [0, 0.05) is 39.3 Å². The lowest BCUT2D eigenvalue weighted by molar-refractivity contribution is 0.192. The van der Waals surface area contributed by atoms with E-state index in [1.54, 1.807) is 6.92 Å². The van der Waals surface area contributed by atoms with Crippen LogP contribution >= 0.6 is 0 Å². The summed E-state index contributed by atoms with van der Waals surface area (Å²) in [5.41, 5.74) is 0. The monoisotopic (exact) mass is 299 g/mol. The van der Waals surface area contributed by atoms with Gasteiger partial charge in [-0.3, -0.25) is 4.90 Å². The lowest BCUT2D eigenvalue weighted by Crippen LogP contribution is -2.49. The Kier molecular flexibility index (Phi) is 5.53. The van der Waals surface area contributed by atoms with Gasteiger partial charge in [-0.15, -0.1) is 0 Å². The minimum Gasteiger partial charge on any atom is -0.299 e. The van der Waals surface area contributed by atoms with Crippen molar-refractivity contribution < 1.29 is 16.8 Å². The van der Waals surface area contributed by atoms with E-state index in [1.165, 1.54) is 10.6 Å². The number of rotatable bonds is 6. The van der Waals surface area contributed by atoms with Gasteiger partial charge in [0.1, 0.15) is 0 Å². The molecular formula is C9H21N3O4S2. The van der Waals surface area contributed by atoms with Crippen molar-refractivity contribution in [2.75, 3.05) is 51.3 Å². The van der Waals surface area contributed by atoms with Crippen LogP contribution < -0.4 is 4.72 Å². The van der Waals surface area contributed by atoms with Crippen LogP contribution in [0.15, 0.2) is 0 Å². The quantitative estimate of drug-likeness (QED) is 0.645. The SMILES string of the molecule is CCS(=O)(=O)NCCN1CCN(S(C)(=O)=O)CC1. The Labute approximate surface area is 109 Å². The smallest absolute Gasteiger partial charge is 0.211 e. The van der Waals surface area contributed by atoms with Gasteiger partial charge in [0.2, 0.25) is 20.0 Å². The molecule has 0 bridgehead atoms. The summed E-state index contributed by atoms with van der Waals surface area (Å²) in [6.07, 6.45) is 1.21. The summed E-state index contributed by atoms with van der Waals surface area (Å²) in [7, 11) is -6.24. The van der Waals surface area contributed by atoms with E-state index in [-0.39, 0.29) is 5.75 Å². The normalized spacial score (nSPS) is 20.1. The van der Waals surface area contributed by atoms with Gasteiger partial charge in [-0.1, -0.05) is 0 Å². The van der Waals surface area contributed by atoms with Crippen LogP contribution in [0.2, 0.25) is 0 Å². The summed E-state index contributed by atoms with van der Waals surface area (Å²) in [4.78, 5) is 2.06. The molecule has 0 unspecified atom stereocenters. The molecular weight excluding hydrogens is 278 g/mol. The van der Waals surface area contributed by atoms with E-state index in [9.17, 15) is 16.8 Å². The highest BCUT2D eigenvalue weighted by Crippen LogP contribution is 2.05. The topological polar surface area (TPSA) is 86.8 Å². The molecule has 1 fully saturated rings. The number of piperazine rings is 1. The lowest BCUT2D eigenvalue weighted by Gasteiger charge is -2.33. The van der Waals surface area contributed by atoms with Crippen molar-refractivity contribution >= 4 is 20.0 Å². The predicted molar refractivity (Wildman–Crippen MR) is 70.3 cm³/mol. The molecule has 108 valence electrons. The van der Waals surface area contributed by atoms with E-state index >= 15 is 0 Å². The molecule has 0 amide bonds. The van der Waals surface area contributed by atoms with Gasteiger partial charge in [0.15, 0.2) is 0 Å². The second-order valence-corrected chi connectivity index (χ2v) is 8.38. The minimum atomic E-state index is -3.14. The highest BCUT2D eigenvalue weighted by atomic mass is 32.2. The molecule has 0 aromatic carbocycles. The molecule has 0 aliphatic carbocycles. The maximum absolute atomic E-state index is 11.3. The van der Waals surface area contributed by atoms with Crippen LogP contribution in [-0.2, 0) is 20.0 Å². The van der Waals surface area contributed by atoms with Crippen LogP contribution in [0.25, 0.3) is 0 Å². The summed E-state index contributed by atoms with van der Waals surface area (Å²) < 4.78 is 48.9. The van der Waals surface area contributed by atoms with E-state index < -0.39 is 20.0 Å². The van der Waals surface area contributed by atoms with Crippen LogP contribution in [0.3, 0.4) is 0 Å². The van der Waals surface area contributed by atoms with Crippen LogP contribution in [-0.4, -0.2) is 77.3 Å². The van der Waals surface area contributed by atoms with Crippen molar-refractivity contribution in [2.24, 2.45) is 0 Å². The van der Waals surface area contributed by atoms with Crippen LogP contribution in [0.5, 0.6) is 0 Å². The Balaban J connectivity index is 2.29. The van der Waals surface area contributed by atoms with Crippen molar-refractivity contribution in [3.8, 4) is 0 Å². The molecule has 1 N–H and O–H groups in total. The third-order valence-corrected chi connectivity index (χ3v) is 5.64. The van der Waals surface area contributed by atoms with Crippen LogP contribution in [0.1, 0.15) is 6.92 Å². The molecule has 0 radical (unpaired) electrons. The maximum atomic E-state index is 11.3. The van der Waals surface area contributed by atoms with E-state index in [0.717, 1.165) is 0 Å². The third-order valence-electron chi connectivity index (χ3n) is 2.93. The summed E-state index contributed by atoms with van der Waals surface area (Å²) in [5.74, 6) is 0.0782. The van der Waals surface area contributed by atoms with Crippen molar-refractivity contribution in [1.82, 2.24) is 13.9 Å². The second-order valence-electron chi connectivity index (χ2n) is 4.30. The largest absolute Gasteiger partial charge is 0.299 e. The number of nitrogens with one attached hydrogen (secondary N) is 1. The fourth-order valence-electron chi connectivity index (χ4n) is 1.75. The average Bonchev–Trinajstić information content (AvgIpc) is 2.28. The van der Waals surface area contributed by atoms with Gasteiger partial charge in [0.05, 0.1) is 12.0 Å². The zero-order valence-electron chi connectivity index (χ0n) is 10.8. The van der Waals surface area contributed by atoms with Gasteiger partial charge in [0.25, 0.3) is 0 Å². The molecule has 7 nitrogen and oxygen atoms in total. The molecule has 1 aliphatic heterocycles. The Morgan fingerprint density at radius 2 is 1.61 bits per heavy atom. The first kappa shape index (κ1) is 15.8. The van der Waals surface area contributed by atoms with E-state index in [2.05, 4.69) is 9.62 Å². The van der Waals surface area contributed by atoms with Gasteiger partial charge in [-0.05, 0) is 6.92 Å². The minimum absolute atomic E-state index is 0.0782. The van der Waals surface area contributed by atoms with Crippen molar-refractivity contribution in [2.45, 2.75) is 6.92 Å². The maximum Gasteiger partial charge on any atom is 0.211 e. The van der Waals surface area contributed by atoms with Gasteiger partial charge in [-0.2, -0.15) is 4.31 Å². The van der Waals surface area contributed by atoms with Gasteiger partial charge < -0.3 is 0 Å². The number of hydrogen-bond acceptors (Lipinski definition) is 5. The molecule has 0 aromatic heterocycles. The van der Waals surface area contributed by atoms with Crippen molar-refractivity contribution in [3.63, 3.8) is 0 Å². The fraction of sp³-hybridized carbons (Fsp3) is 1.00. The number of nitrogens with zero attached hydrogens (tertiary/aromatic N) is 2. The lowest BCUT2D eigenvalue weighted by atomic mass is 10.3. The molecule has 1 saturated heterocycles. The fourth-order valence-corrected chi connectivity index (χ4v) is 3.18. The summed E-state index contributed by atoms with van der Waals surface area (Å²) in [6.45, 7) is 4.79. The van der Waals surface area contributed by atoms with Crippen molar-refractivity contribution in [3.05, 3.63) is 0 Å². The highest BCUT2D eigenvalue weighted by Gasteiger charge is 2.23. The van der Waals surface area contributed by atoms with Crippen LogP contribution in [0.4, 0.5) is 0 Å². The van der Waals surface area contributed by atoms with Crippen LogP contribution in [0, 0.1) is 0 Å². The standard InChI is InChI=1S/C9H21N3O4S2/c1-3-18(15,16)10-4-5-11-6-8-12(9-7-11)17(2,13)14/h10H,3-9H2,1-2H3. The molecule has 1 aliphatic rings. The molecule has 0 atom stereocenters. The van der Waals surface area contributed by atoms with E-state index in [1.807, 2.05) is 0 Å². The first-order valence-corrected chi connectivity index (χ1v) is 9.39. The van der Waals surface area contributed by atoms with Crippen molar-refractivity contribution in [1.29, 1.82) is 0 Å².